The Hall–Kier alpha value is -2.64. The number of nitriles is 1. The fourth-order valence-corrected chi connectivity index (χ4v) is 2.95. The SMILES string of the molecule is N#Cc1ccc(-c2ccc(OC(=O)CCC3CCCCO3)cc2)cc1. The second-order valence-corrected chi connectivity index (χ2v) is 6.21. The predicted octanol–water partition coefficient (Wildman–Crippen LogP) is 4.48. The Balaban J connectivity index is 1.53. The van der Waals surface area contributed by atoms with Crippen LogP contribution in [0.25, 0.3) is 11.1 Å². The Labute approximate surface area is 148 Å². The van der Waals surface area contributed by atoms with Crippen molar-refractivity contribution >= 4 is 5.97 Å². The van der Waals surface area contributed by atoms with Crippen molar-refractivity contribution in [2.75, 3.05) is 6.61 Å². The van der Waals surface area contributed by atoms with Crippen LogP contribution in [-0.2, 0) is 9.53 Å². The number of esters is 1. The Morgan fingerprint density at radius 3 is 2.36 bits per heavy atom. The molecule has 1 saturated heterocycles. The quantitative estimate of drug-likeness (QED) is 0.597. The Kier molecular flexibility index (Phi) is 5.81. The van der Waals surface area contributed by atoms with Gasteiger partial charge in [-0.2, -0.15) is 5.26 Å². The van der Waals surface area contributed by atoms with Crippen molar-refractivity contribution in [1.82, 2.24) is 0 Å². The molecule has 3 rings (SSSR count). The van der Waals surface area contributed by atoms with Gasteiger partial charge in [-0.15, -0.1) is 0 Å². The van der Waals surface area contributed by atoms with E-state index in [4.69, 9.17) is 14.7 Å². The smallest absolute Gasteiger partial charge is 0.311 e. The molecule has 0 N–H and O–H groups in total. The first-order valence-electron chi connectivity index (χ1n) is 8.67. The Bertz CT molecular complexity index is 738. The maximum atomic E-state index is 12.0. The number of carbonyl (C=O) groups is 1. The van der Waals surface area contributed by atoms with Gasteiger partial charge in [0.1, 0.15) is 5.75 Å². The molecule has 1 unspecified atom stereocenters. The molecule has 1 aliphatic heterocycles. The van der Waals surface area contributed by atoms with E-state index in [1.54, 1.807) is 24.3 Å². The molecule has 25 heavy (non-hydrogen) atoms. The van der Waals surface area contributed by atoms with Crippen LogP contribution in [0.5, 0.6) is 5.75 Å². The number of hydrogen-bond acceptors (Lipinski definition) is 4. The van der Waals surface area contributed by atoms with Crippen molar-refractivity contribution in [3.8, 4) is 22.9 Å². The minimum Gasteiger partial charge on any atom is -0.427 e. The molecule has 0 bridgehead atoms. The van der Waals surface area contributed by atoms with Gasteiger partial charge in [-0.05, 0) is 61.1 Å². The highest BCUT2D eigenvalue weighted by molar-refractivity contribution is 5.73. The molecule has 0 spiro atoms. The van der Waals surface area contributed by atoms with Crippen LogP contribution in [0.3, 0.4) is 0 Å². The Morgan fingerprint density at radius 2 is 1.76 bits per heavy atom. The molecule has 0 aromatic heterocycles. The molecule has 0 saturated carbocycles. The molecule has 2 aromatic carbocycles. The summed E-state index contributed by atoms with van der Waals surface area (Å²) in [5.41, 5.74) is 2.67. The maximum absolute atomic E-state index is 12.0. The number of ether oxygens (including phenoxy) is 2. The molecule has 0 aliphatic carbocycles. The van der Waals surface area contributed by atoms with E-state index in [2.05, 4.69) is 6.07 Å². The van der Waals surface area contributed by atoms with E-state index in [1.807, 2.05) is 24.3 Å². The molecule has 1 atom stereocenters. The van der Waals surface area contributed by atoms with Gasteiger partial charge in [0.05, 0.1) is 17.7 Å². The summed E-state index contributed by atoms with van der Waals surface area (Å²) < 4.78 is 11.0. The summed E-state index contributed by atoms with van der Waals surface area (Å²) in [4.78, 5) is 12.0. The minimum atomic E-state index is -0.222. The van der Waals surface area contributed by atoms with Gasteiger partial charge in [-0.3, -0.25) is 4.79 Å². The zero-order chi connectivity index (χ0) is 17.5. The van der Waals surface area contributed by atoms with Crippen LogP contribution in [0.4, 0.5) is 0 Å². The monoisotopic (exact) mass is 335 g/mol. The summed E-state index contributed by atoms with van der Waals surface area (Å²) in [7, 11) is 0. The lowest BCUT2D eigenvalue weighted by atomic mass is 10.0. The van der Waals surface area contributed by atoms with Crippen molar-refractivity contribution in [3.63, 3.8) is 0 Å². The lowest BCUT2D eigenvalue weighted by Gasteiger charge is -2.21. The topological polar surface area (TPSA) is 59.3 Å². The van der Waals surface area contributed by atoms with Gasteiger partial charge in [0.25, 0.3) is 0 Å². The summed E-state index contributed by atoms with van der Waals surface area (Å²) in [5, 5.41) is 8.84. The second kappa shape index (κ2) is 8.46. The third-order valence-electron chi connectivity index (χ3n) is 4.38. The molecule has 4 nitrogen and oxygen atoms in total. The molecular weight excluding hydrogens is 314 g/mol. The van der Waals surface area contributed by atoms with Gasteiger partial charge in [-0.25, -0.2) is 0 Å². The molecule has 0 amide bonds. The second-order valence-electron chi connectivity index (χ2n) is 6.21. The van der Waals surface area contributed by atoms with Crippen molar-refractivity contribution in [1.29, 1.82) is 5.26 Å². The average Bonchev–Trinajstić information content (AvgIpc) is 2.68. The van der Waals surface area contributed by atoms with Crippen LogP contribution in [0.15, 0.2) is 48.5 Å². The van der Waals surface area contributed by atoms with Crippen LogP contribution in [0, 0.1) is 11.3 Å². The first kappa shape index (κ1) is 17.2. The van der Waals surface area contributed by atoms with Gasteiger partial charge in [0.2, 0.25) is 0 Å². The first-order chi connectivity index (χ1) is 12.2. The van der Waals surface area contributed by atoms with Crippen molar-refractivity contribution < 1.29 is 14.3 Å². The molecule has 1 heterocycles. The molecule has 0 radical (unpaired) electrons. The molecule has 4 heteroatoms. The van der Waals surface area contributed by atoms with E-state index in [0.29, 0.717) is 17.7 Å². The number of rotatable bonds is 5. The number of carbonyl (C=O) groups excluding carboxylic acids is 1. The van der Waals surface area contributed by atoms with Crippen LogP contribution in [-0.4, -0.2) is 18.7 Å². The van der Waals surface area contributed by atoms with Gasteiger partial charge >= 0.3 is 5.97 Å². The summed E-state index contributed by atoms with van der Waals surface area (Å²) in [6.07, 6.45) is 4.62. The summed E-state index contributed by atoms with van der Waals surface area (Å²) >= 11 is 0. The van der Waals surface area contributed by atoms with Gasteiger partial charge < -0.3 is 9.47 Å². The van der Waals surface area contributed by atoms with Crippen LogP contribution < -0.4 is 4.74 Å². The standard InChI is InChI=1S/C21H21NO3/c22-15-16-4-6-17(7-5-16)18-8-10-20(11-9-18)25-21(23)13-12-19-3-1-2-14-24-19/h4-11,19H,1-3,12-14H2. The number of benzene rings is 2. The van der Waals surface area contributed by atoms with E-state index < -0.39 is 0 Å². The van der Waals surface area contributed by atoms with Gasteiger partial charge in [0.15, 0.2) is 0 Å². The average molecular weight is 335 g/mol. The molecule has 2 aromatic rings. The Morgan fingerprint density at radius 1 is 1.08 bits per heavy atom. The third kappa shape index (κ3) is 4.91. The maximum Gasteiger partial charge on any atom is 0.311 e. The highest BCUT2D eigenvalue weighted by Gasteiger charge is 2.16. The van der Waals surface area contributed by atoms with E-state index in [1.165, 1.54) is 6.42 Å². The lowest BCUT2D eigenvalue weighted by molar-refractivity contribution is -0.135. The minimum absolute atomic E-state index is 0.194. The van der Waals surface area contributed by atoms with E-state index in [0.717, 1.165) is 37.0 Å². The lowest BCUT2D eigenvalue weighted by Crippen LogP contribution is -2.21. The molecule has 1 fully saturated rings. The van der Waals surface area contributed by atoms with E-state index in [-0.39, 0.29) is 12.1 Å². The zero-order valence-electron chi connectivity index (χ0n) is 14.1. The van der Waals surface area contributed by atoms with E-state index in [9.17, 15) is 4.79 Å². The largest absolute Gasteiger partial charge is 0.427 e. The van der Waals surface area contributed by atoms with Crippen LogP contribution >= 0.6 is 0 Å². The summed E-state index contributed by atoms with van der Waals surface area (Å²) in [6.45, 7) is 0.802. The van der Waals surface area contributed by atoms with E-state index >= 15 is 0 Å². The summed E-state index contributed by atoms with van der Waals surface area (Å²) in [6, 6.07) is 16.9. The van der Waals surface area contributed by atoms with Crippen LogP contribution in [0.1, 0.15) is 37.7 Å². The first-order valence-corrected chi connectivity index (χ1v) is 8.67. The summed E-state index contributed by atoms with van der Waals surface area (Å²) in [5.74, 6) is 0.326. The van der Waals surface area contributed by atoms with Crippen molar-refractivity contribution in [2.24, 2.45) is 0 Å². The predicted molar refractivity (Wildman–Crippen MR) is 95.1 cm³/mol. The number of nitrogens with zero attached hydrogens (tertiary/aromatic N) is 1. The molecule has 1 aliphatic rings. The van der Waals surface area contributed by atoms with Crippen molar-refractivity contribution in [3.05, 3.63) is 54.1 Å². The van der Waals surface area contributed by atoms with Crippen molar-refractivity contribution in [2.45, 2.75) is 38.2 Å². The zero-order valence-corrected chi connectivity index (χ0v) is 14.1. The molecular formula is C21H21NO3. The molecule has 128 valence electrons. The normalized spacial score (nSPS) is 16.8. The van der Waals surface area contributed by atoms with Gasteiger partial charge in [-0.1, -0.05) is 24.3 Å². The van der Waals surface area contributed by atoms with Gasteiger partial charge in [0, 0.05) is 13.0 Å². The highest BCUT2D eigenvalue weighted by Crippen LogP contribution is 2.23. The third-order valence-corrected chi connectivity index (χ3v) is 4.38. The fraction of sp³-hybridized carbons (Fsp3) is 0.333. The van der Waals surface area contributed by atoms with Crippen LogP contribution in [0.2, 0.25) is 0 Å². The number of hydrogen-bond donors (Lipinski definition) is 0. The highest BCUT2D eigenvalue weighted by atomic mass is 16.5. The fourth-order valence-electron chi connectivity index (χ4n) is 2.95.